The fourth-order valence-corrected chi connectivity index (χ4v) is 4.96. The Kier molecular flexibility index (Phi) is 10.1. The summed E-state index contributed by atoms with van der Waals surface area (Å²) in [5, 5.41) is 7.23. The second kappa shape index (κ2) is 13.5. The van der Waals surface area contributed by atoms with Crippen molar-refractivity contribution in [3.8, 4) is 0 Å². The molecule has 3 N–H and O–H groups in total. The van der Waals surface area contributed by atoms with Gasteiger partial charge in [-0.05, 0) is 78.6 Å². The maximum atomic E-state index is 14.8. The van der Waals surface area contributed by atoms with Crippen molar-refractivity contribution in [3.63, 3.8) is 0 Å². The van der Waals surface area contributed by atoms with Crippen molar-refractivity contribution in [1.82, 2.24) is 19.6 Å². The predicted octanol–water partition coefficient (Wildman–Crippen LogP) is 5.70. The first-order chi connectivity index (χ1) is 21.4. The Morgan fingerprint density at radius 2 is 1.72 bits per heavy atom. The second-order valence-electron chi connectivity index (χ2n) is 13.2. The molecular weight excluding hydrogens is 619 g/mol. The lowest BCUT2D eigenvalue weighted by atomic mass is 10.2. The zero-order valence-electron chi connectivity index (χ0n) is 26.9. The predicted molar refractivity (Wildman–Crippen MR) is 171 cm³/mol. The Labute approximate surface area is 271 Å². The number of hydrogen-bond donors (Lipinski definition) is 2. The van der Waals surface area contributed by atoms with Crippen molar-refractivity contribution in [1.29, 1.82) is 0 Å². The van der Waals surface area contributed by atoms with Gasteiger partial charge in [0.15, 0.2) is 5.69 Å². The molecule has 0 spiro atoms. The van der Waals surface area contributed by atoms with Crippen LogP contribution >= 0.6 is 11.6 Å². The van der Waals surface area contributed by atoms with Crippen LogP contribution in [0.15, 0.2) is 36.4 Å². The molecule has 0 bridgehead atoms. The van der Waals surface area contributed by atoms with Gasteiger partial charge < -0.3 is 25.0 Å². The molecule has 1 aromatic heterocycles. The summed E-state index contributed by atoms with van der Waals surface area (Å²) in [5.41, 5.74) is 5.07. The Morgan fingerprint density at radius 1 is 1.04 bits per heavy atom. The van der Waals surface area contributed by atoms with Crippen molar-refractivity contribution in [2.75, 3.05) is 18.4 Å². The van der Waals surface area contributed by atoms with E-state index >= 15 is 0 Å². The lowest BCUT2D eigenvalue weighted by molar-refractivity contribution is -0.132. The zero-order valence-corrected chi connectivity index (χ0v) is 27.6. The molecular formula is C32H40ClFN6O6. The van der Waals surface area contributed by atoms with E-state index in [2.05, 4.69) is 10.4 Å². The average molecular weight is 659 g/mol. The number of anilines is 1. The van der Waals surface area contributed by atoms with E-state index in [1.54, 1.807) is 70.7 Å². The van der Waals surface area contributed by atoms with Crippen LogP contribution in [-0.4, -0.2) is 73.9 Å². The minimum atomic E-state index is -0.800. The number of fused-ring (bicyclic) bond motifs is 1. The van der Waals surface area contributed by atoms with Crippen molar-refractivity contribution in [2.24, 2.45) is 5.73 Å². The van der Waals surface area contributed by atoms with Gasteiger partial charge in [-0.2, -0.15) is 5.10 Å². The first-order valence-corrected chi connectivity index (χ1v) is 15.3. The number of aromatic nitrogens is 2. The third-order valence-corrected chi connectivity index (χ3v) is 7.17. The number of carbonyl (C=O) groups is 4. The molecule has 2 aromatic carbocycles. The van der Waals surface area contributed by atoms with Crippen LogP contribution in [0.4, 0.5) is 19.7 Å². The molecule has 1 fully saturated rings. The molecule has 4 rings (SSSR count). The van der Waals surface area contributed by atoms with Crippen molar-refractivity contribution in [2.45, 2.75) is 84.7 Å². The van der Waals surface area contributed by atoms with Gasteiger partial charge in [0.25, 0.3) is 5.91 Å². The molecule has 1 saturated carbocycles. The largest absolute Gasteiger partial charge is 0.444 e. The summed E-state index contributed by atoms with van der Waals surface area (Å²) in [6.45, 7) is 10.3. The lowest BCUT2D eigenvalue weighted by Gasteiger charge is -2.30. The van der Waals surface area contributed by atoms with Crippen molar-refractivity contribution >= 4 is 52.2 Å². The minimum Gasteiger partial charge on any atom is -0.444 e. The van der Waals surface area contributed by atoms with Crippen molar-refractivity contribution < 1.29 is 33.0 Å². The SMILES string of the molecule is CC(C)(C)OC(=O)Nc1ccc2c(c1)c(C(N)=O)nn2CC(=O)N(CCN(Cc1cccc(Cl)c1F)C(=O)OC(C)(C)C)C1CC1. The van der Waals surface area contributed by atoms with Crippen LogP contribution in [0.3, 0.4) is 0 Å². The van der Waals surface area contributed by atoms with Gasteiger partial charge in [0.05, 0.1) is 17.1 Å². The van der Waals surface area contributed by atoms with Crippen LogP contribution in [0.5, 0.6) is 0 Å². The molecule has 0 radical (unpaired) electrons. The zero-order chi connectivity index (χ0) is 34.0. The van der Waals surface area contributed by atoms with Gasteiger partial charge in [-0.3, -0.25) is 19.6 Å². The Morgan fingerprint density at radius 3 is 2.33 bits per heavy atom. The van der Waals surface area contributed by atoms with Gasteiger partial charge in [-0.1, -0.05) is 23.7 Å². The number of nitrogens with one attached hydrogen (secondary N) is 1. The second-order valence-corrected chi connectivity index (χ2v) is 13.6. The highest BCUT2D eigenvalue weighted by Crippen LogP contribution is 2.29. The molecule has 3 aromatic rings. The topological polar surface area (TPSA) is 149 Å². The van der Waals surface area contributed by atoms with E-state index in [0.29, 0.717) is 16.6 Å². The van der Waals surface area contributed by atoms with Crippen LogP contribution in [0.25, 0.3) is 10.9 Å². The maximum Gasteiger partial charge on any atom is 0.412 e. The van der Waals surface area contributed by atoms with E-state index in [1.807, 2.05) is 0 Å². The van der Waals surface area contributed by atoms with Crippen LogP contribution in [0, 0.1) is 5.82 Å². The Hall–Kier alpha value is -4.39. The van der Waals surface area contributed by atoms with Gasteiger partial charge in [0.2, 0.25) is 5.91 Å². The monoisotopic (exact) mass is 658 g/mol. The third kappa shape index (κ3) is 9.09. The number of nitrogens with zero attached hydrogens (tertiary/aromatic N) is 4. The standard InChI is InChI=1S/C32H40ClFN6O6/c1-31(2,3)45-29(43)36-20-10-13-24-22(16-20)27(28(35)42)37-40(24)18-25(41)39(21-11-12-21)15-14-38(30(44)46-32(4,5)6)17-19-8-7-9-23(33)26(19)34/h7-10,13,16,21H,11-12,14-15,17-18H2,1-6H3,(H2,35,42)(H,36,43). The van der Waals surface area contributed by atoms with Gasteiger partial charge in [-0.15, -0.1) is 0 Å². The minimum absolute atomic E-state index is 0.0436. The van der Waals surface area contributed by atoms with Crippen LogP contribution in [0.1, 0.15) is 70.4 Å². The number of amides is 4. The van der Waals surface area contributed by atoms with Gasteiger partial charge in [0.1, 0.15) is 23.6 Å². The summed E-state index contributed by atoms with van der Waals surface area (Å²) in [6, 6.07) is 9.28. The summed E-state index contributed by atoms with van der Waals surface area (Å²) in [7, 11) is 0. The molecule has 0 unspecified atom stereocenters. The van der Waals surface area contributed by atoms with Crippen molar-refractivity contribution in [3.05, 3.63) is 58.5 Å². The smallest absolute Gasteiger partial charge is 0.412 e. The van der Waals surface area contributed by atoms with E-state index in [0.717, 1.165) is 12.8 Å². The average Bonchev–Trinajstić information content (AvgIpc) is 3.69. The fourth-order valence-electron chi connectivity index (χ4n) is 4.76. The Balaban J connectivity index is 1.54. The number of halogens is 2. The quantitative estimate of drug-likeness (QED) is 0.284. The molecule has 14 heteroatoms. The molecule has 46 heavy (non-hydrogen) atoms. The normalized spacial score (nSPS) is 13.3. The van der Waals surface area contributed by atoms with E-state index in [-0.39, 0.29) is 54.4 Å². The summed E-state index contributed by atoms with van der Waals surface area (Å²) in [6.07, 6.45) is 0.240. The first-order valence-electron chi connectivity index (χ1n) is 14.9. The van der Waals surface area contributed by atoms with Crippen LogP contribution in [-0.2, 0) is 27.4 Å². The van der Waals surface area contributed by atoms with E-state index in [1.165, 1.54) is 21.7 Å². The molecule has 1 aliphatic carbocycles. The number of hydrogen-bond acceptors (Lipinski definition) is 7. The van der Waals surface area contributed by atoms with E-state index < -0.39 is 35.1 Å². The van der Waals surface area contributed by atoms with Crippen LogP contribution in [0.2, 0.25) is 5.02 Å². The summed E-state index contributed by atoms with van der Waals surface area (Å²) in [5.74, 6) is -1.73. The molecule has 1 heterocycles. The maximum absolute atomic E-state index is 14.8. The van der Waals surface area contributed by atoms with Gasteiger partial charge >= 0.3 is 12.2 Å². The molecule has 248 valence electrons. The third-order valence-electron chi connectivity index (χ3n) is 6.88. The summed E-state index contributed by atoms with van der Waals surface area (Å²) in [4.78, 5) is 54.4. The highest BCUT2D eigenvalue weighted by Gasteiger charge is 2.34. The van der Waals surface area contributed by atoms with Gasteiger partial charge in [-0.25, -0.2) is 14.0 Å². The molecule has 0 saturated heterocycles. The number of benzene rings is 2. The highest BCUT2D eigenvalue weighted by atomic mass is 35.5. The number of rotatable bonds is 10. The highest BCUT2D eigenvalue weighted by molar-refractivity contribution is 6.30. The summed E-state index contributed by atoms with van der Waals surface area (Å²) < 4.78 is 27.0. The van der Waals surface area contributed by atoms with E-state index in [9.17, 15) is 23.6 Å². The Bertz CT molecular complexity index is 1640. The van der Waals surface area contributed by atoms with E-state index in [4.69, 9.17) is 26.8 Å². The number of primary amides is 1. The summed E-state index contributed by atoms with van der Waals surface area (Å²) >= 11 is 5.97. The number of nitrogens with two attached hydrogens (primary N) is 1. The molecule has 1 aliphatic rings. The molecule has 4 amide bonds. The molecule has 12 nitrogen and oxygen atoms in total. The number of ether oxygens (including phenoxy) is 2. The molecule has 0 aliphatic heterocycles. The first kappa shape index (κ1) is 34.5. The lowest BCUT2D eigenvalue weighted by Crippen LogP contribution is -2.44. The van der Waals surface area contributed by atoms with Crippen LogP contribution < -0.4 is 11.1 Å². The molecule has 0 atom stereocenters. The van der Waals surface area contributed by atoms with Gasteiger partial charge in [0, 0.05) is 35.8 Å². The number of carbonyl (C=O) groups excluding carboxylic acids is 4. The fraction of sp³-hybridized carbons (Fsp3) is 0.469.